The molecule has 0 aliphatic carbocycles. The molecule has 0 saturated carbocycles. The van der Waals surface area contributed by atoms with E-state index in [1.165, 1.54) is 180 Å². The summed E-state index contributed by atoms with van der Waals surface area (Å²) in [5.74, 6) is 0. The highest BCUT2D eigenvalue weighted by Gasteiger charge is 2.16. The van der Waals surface area contributed by atoms with Crippen LogP contribution >= 0.6 is 0 Å². The van der Waals surface area contributed by atoms with Crippen LogP contribution in [0.3, 0.4) is 0 Å². The number of rotatable bonds is 46. The van der Waals surface area contributed by atoms with Crippen molar-refractivity contribution in [3.63, 3.8) is 0 Å². The lowest BCUT2D eigenvalue weighted by Gasteiger charge is -2.29. The second-order valence-electron chi connectivity index (χ2n) is 21.3. The molecule has 0 saturated heterocycles. The van der Waals surface area contributed by atoms with Crippen molar-refractivity contribution in [2.24, 2.45) is 0 Å². The Morgan fingerprint density at radius 2 is 0.638 bits per heavy atom. The Morgan fingerprint density at radius 3 is 0.928 bits per heavy atom. The molecule has 69 heavy (non-hydrogen) atoms. The molecule has 10 nitrogen and oxygen atoms in total. The number of carbonyl (C=O) groups is 2. The van der Waals surface area contributed by atoms with E-state index in [0.717, 1.165) is 46.3 Å². The number of amides is 2. The third-order valence-corrected chi connectivity index (χ3v) is 13.6. The van der Waals surface area contributed by atoms with Crippen LogP contribution < -0.4 is 10.6 Å². The molecule has 0 aliphatic heterocycles. The summed E-state index contributed by atoms with van der Waals surface area (Å²) in [5.41, 5.74) is 3.55. The van der Waals surface area contributed by atoms with Gasteiger partial charge in [0, 0.05) is 11.4 Å². The minimum atomic E-state index is -0.487. The molecule has 0 spiro atoms. The van der Waals surface area contributed by atoms with Gasteiger partial charge in [0.2, 0.25) is 0 Å². The zero-order valence-electron chi connectivity index (χ0n) is 45.5. The third-order valence-electron chi connectivity index (χ3n) is 13.6. The number of quaternary nitrogens is 2. The van der Waals surface area contributed by atoms with Crippen molar-refractivity contribution in [2.45, 2.75) is 200 Å². The van der Waals surface area contributed by atoms with E-state index in [0.29, 0.717) is 44.2 Å². The van der Waals surface area contributed by atoms with E-state index in [9.17, 15) is 9.59 Å². The summed E-state index contributed by atoms with van der Waals surface area (Å²) in [6.07, 6.45) is 38.5. The van der Waals surface area contributed by atoms with Gasteiger partial charge < -0.3 is 27.9 Å². The highest BCUT2D eigenvalue weighted by atomic mass is 16.6. The number of benzene rings is 2. The Balaban J connectivity index is 1.44. The van der Waals surface area contributed by atoms with Crippen molar-refractivity contribution < 1.29 is 37.5 Å². The zero-order valence-corrected chi connectivity index (χ0v) is 45.5. The molecule has 2 N–H and O–H groups in total. The Morgan fingerprint density at radius 1 is 0.362 bits per heavy atom. The third kappa shape index (κ3) is 37.3. The molecule has 396 valence electrons. The number of carbonyl (C=O) groups excluding carboxylic acids is 2. The normalized spacial score (nSPS) is 11.8. The molecule has 2 amide bonds. The monoisotopic (exact) mass is 967 g/mol. The highest BCUT2D eigenvalue weighted by Crippen LogP contribution is 2.18. The fraction of sp³-hybridized carbons (Fsp3) is 0.763. The van der Waals surface area contributed by atoms with E-state index in [1.807, 2.05) is 48.5 Å². The smallest absolute Gasteiger partial charge is 0.411 e. The minimum absolute atomic E-state index is 0.213. The SMILES string of the molecule is CCCCCCCCCCCCCCCC[N+](C)(C)CCOCCOC(=O)Nc1ccc(Cc2ccc(NC(=O)OCCOCC[N+](C)(C)CCCCCCCCCCCCCCCC)cc2)cc1. The average Bonchev–Trinajstić information content (AvgIpc) is 3.32. The summed E-state index contributed by atoms with van der Waals surface area (Å²) >= 11 is 0. The number of nitrogens with one attached hydrogen (secondary N) is 2. The lowest BCUT2D eigenvalue weighted by atomic mass is 10.0. The second-order valence-corrected chi connectivity index (χ2v) is 21.3. The molecule has 0 radical (unpaired) electrons. The average molecular weight is 968 g/mol. The molecule has 0 fully saturated rings. The number of hydrogen-bond donors (Lipinski definition) is 2. The summed E-state index contributed by atoms with van der Waals surface area (Å²) in [5, 5.41) is 5.61. The molecule has 2 aromatic rings. The Kier molecular flexibility index (Phi) is 37.2. The fourth-order valence-electron chi connectivity index (χ4n) is 8.86. The van der Waals surface area contributed by atoms with Crippen LogP contribution in [0.1, 0.15) is 205 Å². The van der Waals surface area contributed by atoms with Crippen LogP contribution in [0.5, 0.6) is 0 Å². The fourth-order valence-corrected chi connectivity index (χ4v) is 8.86. The van der Waals surface area contributed by atoms with Crippen LogP contribution in [0.15, 0.2) is 48.5 Å². The summed E-state index contributed by atoms with van der Waals surface area (Å²) in [6, 6.07) is 15.5. The van der Waals surface area contributed by atoms with Gasteiger partial charge in [0.15, 0.2) is 0 Å². The molecule has 0 bridgehead atoms. The molecule has 0 aliphatic rings. The van der Waals surface area contributed by atoms with Crippen molar-refractivity contribution >= 4 is 23.6 Å². The number of hydrogen-bond acceptors (Lipinski definition) is 6. The first kappa shape index (κ1) is 61.9. The molecule has 0 heterocycles. The number of anilines is 2. The Bertz CT molecular complexity index is 1390. The van der Waals surface area contributed by atoms with Crippen LogP contribution in [0.2, 0.25) is 0 Å². The predicted molar refractivity (Wildman–Crippen MR) is 292 cm³/mol. The van der Waals surface area contributed by atoms with Crippen molar-refractivity contribution in [3.8, 4) is 0 Å². The van der Waals surface area contributed by atoms with E-state index in [4.69, 9.17) is 18.9 Å². The van der Waals surface area contributed by atoms with Crippen LogP contribution in [0, 0.1) is 0 Å². The largest absolute Gasteiger partial charge is 0.447 e. The van der Waals surface area contributed by atoms with Gasteiger partial charge in [-0.25, -0.2) is 9.59 Å². The molecular weight excluding hydrogens is 861 g/mol. The Labute approximate surface area is 423 Å². The van der Waals surface area contributed by atoms with Crippen LogP contribution in [0.25, 0.3) is 0 Å². The summed E-state index contributed by atoms with van der Waals surface area (Å²) in [6.45, 7) is 11.3. The van der Waals surface area contributed by atoms with Gasteiger partial charge in [-0.3, -0.25) is 10.6 Å². The maximum Gasteiger partial charge on any atom is 0.411 e. The maximum absolute atomic E-state index is 12.4. The van der Waals surface area contributed by atoms with Gasteiger partial charge in [0.05, 0.1) is 67.7 Å². The van der Waals surface area contributed by atoms with Gasteiger partial charge >= 0.3 is 12.2 Å². The summed E-state index contributed by atoms with van der Waals surface area (Å²) in [7, 11) is 9.09. The summed E-state index contributed by atoms with van der Waals surface area (Å²) in [4.78, 5) is 24.8. The standard InChI is InChI=1S/C59H104N4O6/c1-7-9-11-13-15-17-19-21-23-25-27-29-31-33-43-62(3,4)45-47-66-49-51-68-58(64)60-56-39-35-54(36-40-56)53-55-37-41-57(42-38-55)61-59(65)69-52-50-67-48-46-63(5,6)44-34-32-30-28-26-24-22-20-18-16-14-12-10-8-2/h35-42H,7-34,43-53H2,1-6H3/p+2. The minimum Gasteiger partial charge on any atom is -0.447 e. The van der Waals surface area contributed by atoms with E-state index in [-0.39, 0.29) is 13.2 Å². The van der Waals surface area contributed by atoms with Gasteiger partial charge in [-0.1, -0.05) is 192 Å². The van der Waals surface area contributed by atoms with Gasteiger partial charge in [-0.2, -0.15) is 0 Å². The van der Waals surface area contributed by atoms with Crippen molar-refractivity contribution in [2.75, 3.05) is 105 Å². The molecular formula is C59H106N4O6+2. The Hall–Kier alpha value is -3.18. The first-order valence-electron chi connectivity index (χ1n) is 28.4. The van der Waals surface area contributed by atoms with Crippen molar-refractivity contribution in [1.29, 1.82) is 0 Å². The van der Waals surface area contributed by atoms with Gasteiger partial charge in [0.25, 0.3) is 0 Å². The van der Waals surface area contributed by atoms with Crippen LogP contribution in [-0.2, 0) is 25.4 Å². The number of nitrogens with zero attached hydrogens (tertiary/aromatic N) is 2. The molecule has 10 heteroatoms. The lowest BCUT2D eigenvalue weighted by molar-refractivity contribution is -0.891. The molecule has 0 unspecified atom stereocenters. The lowest BCUT2D eigenvalue weighted by Crippen LogP contribution is -2.43. The first-order chi connectivity index (χ1) is 33.5. The summed E-state index contributed by atoms with van der Waals surface area (Å²) < 4.78 is 24.2. The molecule has 0 aromatic heterocycles. The van der Waals surface area contributed by atoms with Crippen molar-refractivity contribution in [1.82, 2.24) is 0 Å². The quantitative estimate of drug-likeness (QED) is 0.0507. The van der Waals surface area contributed by atoms with Gasteiger partial charge in [0.1, 0.15) is 26.3 Å². The maximum atomic E-state index is 12.4. The topological polar surface area (TPSA) is 95.1 Å². The number of likely N-dealkylation sites (N-methyl/N-ethyl adjacent to an activating group) is 2. The van der Waals surface area contributed by atoms with Crippen molar-refractivity contribution in [3.05, 3.63) is 59.7 Å². The van der Waals surface area contributed by atoms with Gasteiger partial charge in [-0.05, 0) is 67.5 Å². The second kappa shape index (κ2) is 41.4. The van der Waals surface area contributed by atoms with Crippen LogP contribution in [0.4, 0.5) is 21.0 Å². The number of ether oxygens (including phenoxy) is 4. The van der Waals surface area contributed by atoms with E-state index >= 15 is 0 Å². The molecule has 0 atom stereocenters. The highest BCUT2D eigenvalue weighted by molar-refractivity contribution is 5.85. The van der Waals surface area contributed by atoms with Crippen LogP contribution in [-0.4, -0.2) is 115 Å². The van der Waals surface area contributed by atoms with E-state index in [1.54, 1.807) is 0 Å². The first-order valence-corrected chi connectivity index (χ1v) is 28.4. The molecule has 2 aromatic carbocycles. The molecule has 2 rings (SSSR count). The van der Waals surface area contributed by atoms with E-state index < -0.39 is 12.2 Å². The number of unbranched alkanes of at least 4 members (excludes halogenated alkanes) is 26. The van der Waals surface area contributed by atoms with E-state index in [2.05, 4.69) is 52.7 Å². The predicted octanol–water partition coefficient (Wildman–Crippen LogP) is 15.5. The van der Waals surface area contributed by atoms with Gasteiger partial charge in [-0.15, -0.1) is 0 Å². The zero-order chi connectivity index (χ0) is 49.9.